The van der Waals surface area contributed by atoms with Crippen LogP contribution in [0.2, 0.25) is 0 Å². The van der Waals surface area contributed by atoms with E-state index in [1.165, 1.54) is 0 Å². The number of aliphatic carboxylic acids is 2. The Hall–Kier alpha value is -1.52. The van der Waals surface area contributed by atoms with E-state index in [0.29, 0.717) is 6.08 Å². The highest BCUT2D eigenvalue weighted by atomic mass is 16.4. The van der Waals surface area contributed by atoms with E-state index in [1.54, 1.807) is 0 Å². The van der Waals surface area contributed by atoms with Crippen LogP contribution in [-0.4, -0.2) is 17.0 Å². The highest BCUT2D eigenvalue weighted by Crippen LogP contribution is 1.86. The Labute approximate surface area is 56.2 Å². The third-order valence-corrected chi connectivity index (χ3v) is 0.665. The van der Waals surface area contributed by atoms with Gasteiger partial charge in [-0.1, -0.05) is 6.08 Å². The summed E-state index contributed by atoms with van der Waals surface area (Å²) in [5, 5.41) is 27.6. The lowest BCUT2D eigenvalue weighted by Crippen LogP contribution is -2.22. The van der Waals surface area contributed by atoms with Crippen molar-refractivity contribution in [2.45, 2.75) is 6.42 Å². The van der Waals surface area contributed by atoms with Crippen molar-refractivity contribution < 1.29 is 24.9 Å². The maximum absolute atomic E-state index is 10.1. The molecular formula is C5H4O5-2. The third-order valence-electron chi connectivity index (χ3n) is 0.665. The smallest absolute Gasteiger partial charge is 0.320 e. The van der Waals surface area contributed by atoms with Crippen LogP contribution >= 0.6 is 0 Å². The van der Waals surface area contributed by atoms with Gasteiger partial charge in [-0.2, -0.15) is 0 Å². The van der Waals surface area contributed by atoms with Gasteiger partial charge in [-0.15, -0.1) is 0 Å². The summed E-state index contributed by atoms with van der Waals surface area (Å²) in [4.78, 5) is 19.4. The van der Waals surface area contributed by atoms with Crippen molar-refractivity contribution in [3.05, 3.63) is 11.8 Å². The van der Waals surface area contributed by atoms with Crippen LogP contribution in [0.25, 0.3) is 0 Å². The Balaban J connectivity index is 3.92. The minimum Gasteiger partial charge on any atom is -0.868 e. The van der Waals surface area contributed by atoms with Gasteiger partial charge in [0.05, 0.1) is 0 Å². The first-order valence-corrected chi connectivity index (χ1v) is 2.34. The van der Waals surface area contributed by atoms with Crippen LogP contribution in [0.4, 0.5) is 0 Å². The van der Waals surface area contributed by atoms with Crippen molar-refractivity contribution in [3.63, 3.8) is 0 Å². The zero-order valence-electron chi connectivity index (χ0n) is 4.86. The Morgan fingerprint density at radius 2 is 1.90 bits per heavy atom. The highest BCUT2D eigenvalue weighted by Gasteiger charge is 1.90. The Morgan fingerprint density at radius 3 is 2.20 bits per heavy atom. The van der Waals surface area contributed by atoms with E-state index in [0.717, 1.165) is 0 Å². The van der Waals surface area contributed by atoms with Crippen molar-refractivity contribution in [1.29, 1.82) is 0 Å². The number of carboxylic acids is 2. The summed E-state index contributed by atoms with van der Waals surface area (Å²) < 4.78 is 0. The molecule has 0 heterocycles. The molecular weight excluding hydrogens is 140 g/mol. The average Bonchev–Trinajstić information content (AvgIpc) is 1.82. The lowest BCUT2D eigenvalue weighted by atomic mass is 10.3. The number of carbonyl (C=O) groups is 2. The molecule has 56 valence electrons. The van der Waals surface area contributed by atoms with Gasteiger partial charge in [0.1, 0.15) is 0 Å². The molecule has 0 fully saturated rings. The molecule has 0 aromatic rings. The van der Waals surface area contributed by atoms with Crippen LogP contribution in [0.3, 0.4) is 0 Å². The fourth-order valence-electron chi connectivity index (χ4n) is 0.263. The maximum atomic E-state index is 10.1. The van der Waals surface area contributed by atoms with E-state index in [4.69, 9.17) is 5.11 Å². The van der Waals surface area contributed by atoms with Gasteiger partial charge in [0.2, 0.25) is 0 Å². The largest absolute Gasteiger partial charge is 0.868 e. The average molecular weight is 144 g/mol. The second-order valence-electron chi connectivity index (χ2n) is 1.45. The van der Waals surface area contributed by atoms with Crippen LogP contribution in [0.1, 0.15) is 6.42 Å². The predicted molar refractivity (Wildman–Crippen MR) is 25.3 cm³/mol. The topological polar surface area (TPSA) is 100 Å². The summed E-state index contributed by atoms with van der Waals surface area (Å²) in [7, 11) is 0. The van der Waals surface area contributed by atoms with Crippen molar-refractivity contribution in [2.75, 3.05) is 0 Å². The Kier molecular flexibility index (Phi) is 2.96. The van der Waals surface area contributed by atoms with Crippen molar-refractivity contribution in [3.8, 4) is 0 Å². The summed E-state index contributed by atoms with van der Waals surface area (Å²) in [5.41, 5.74) is 0. The minimum absolute atomic E-state index is 0.539. The van der Waals surface area contributed by atoms with E-state index in [9.17, 15) is 19.8 Å². The second-order valence-corrected chi connectivity index (χ2v) is 1.45. The molecule has 0 rings (SSSR count). The maximum Gasteiger partial charge on any atom is 0.320 e. The van der Waals surface area contributed by atoms with Gasteiger partial charge in [-0.05, 0) is 5.76 Å². The number of hydrogen-bond acceptors (Lipinski definition) is 4. The van der Waals surface area contributed by atoms with Gasteiger partial charge in [0, 0.05) is 12.4 Å². The second kappa shape index (κ2) is 3.49. The summed E-state index contributed by atoms with van der Waals surface area (Å²) in [6.45, 7) is 0. The monoisotopic (exact) mass is 144 g/mol. The standard InChI is InChI=1S/C5H6O5/c6-3(5(9)10)1-2-4(7)8/h1,6H,2H2,(H,7,8)(H,9,10)/p-2/b3-1-. The van der Waals surface area contributed by atoms with E-state index in [2.05, 4.69) is 0 Å². The molecule has 0 saturated carbocycles. The lowest BCUT2D eigenvalue weighted by Gasteiger charge is -2.04. The zero-order valence-corrected chi connectivity index (χ0v) is 4.86. The fraction of sp³-hybridized carbons (Fsp3) is 0.200. The number of carbonyl (C=O) groups excluding carboxylic acids is 1. The SMILES string of the molecule is O=C([O-])C/C=C(\[O-])C(=O)O. The molecule has 0 radical (unpaired) electrons. The first-order chi connectivity index (χ1) is 4.54. The normalized spacial score (nSPS) is 11.0. The highest BCUT2D eigenvalue weighted by molar-refractivity contribution is 5.83. The molecule has 0 saturated heterocycles. The molecule has 0 unspecified atom stereocenters. The van der Waals surface area contributed by atoms with Crippen molar-refractivity contribution in [2.24, 2.45) is 0 Å². The van der Waals surface area contributed by atoms with Gasteiger partial charge >= 0.3 is 5.97 Å². The molecule has 0 aliphatic carbocycles. The first kappa shape index (κ1) is 8.48. The van der Waals surface area contributed by atoms with Gasteiger partial charge < -0.3 is 20.1 Å². The molecule has 0 atom stereocenters. The Morgan fingerprint density at radius 1 is 1.40 bits per heavy atom. The summed E-state index contributed by atoms with van der Waals surface area (Å²) in [6.07, 6.45) is -0.122. The van der Waals surface area contributed by atoms with Crippen molar-refractivity contribution >= 4 is 11.9 Å². The summed E-state index contributed by atoms with van der Waals surface area (Å²) in [6, 6.07) is 0. The zero-order chi connectivity index (χ0) is 8.15. The third kappa shape index (κ3) is 3.48. The van der Waals surface area contributed by atoms with E-state index in [1.807, 2.05) is 0 Å². The molecule has 0 aromatic heterocycles. The molecule has 0 aliphatic heterocycles. The van der Waals surface area contributed by atoms with Crippen LogP contribution in [-0.2, 0) is 9.59 Å². The number of hydrogen-bond donors (Lipinski definition) is 1. The number of rotatable bonds is 3. The van der Waals surface area contributed by atoms with Crippen LogP contribution < -0.4 is 10.2 Å². The van der Waals surface area contributed by atoms with Gasteiger partial charge in [-0.3, -0.25) is 0 Å². The van der Waals surface area contributed by atoms with E-state index >= 15 is 0 Å². The van der Waals surface area contributed by atoms with Gasteiger partial charge in [-0.25, -0.2) is 4.79 Å². The molecule has 5 heteroatoms. The number of carboxylic acid groups (broad SMARTS) is 2. The van der Waals surface area contributed by atoms with Crippen LogP contribution in [0.5, 0.6) is 0 Å². The predicted octanol–water partition coefficient (Wildman–Crippen LogP) is -2.54. The van der Waals surface area contributed by atoms with E-state index < -0.39 is 24.1 Å². The summed E-state index contributed by atoms with van der Waals surface area (Å²) in [5.74, 6) is -4.37. The molecule has 0 aliphatic rings. The lowest BCUT2D eigenvalue weighted by molar-refractivity contribution is -0.309. The quantitative estimate of drug-likeness (QED) is 0.347. The Bertz CT molecular complexity index is 180. The molecule has 0 spiro atoms. The molecule has 10 heavy (non-hydrogen) atoms. The molecule has 0 bridgehead atoms. The molecule has 0 amide bonds. The van der Waals surface area contributed by atoms with Crippen LogP contribution in [0, 0.1) is 0 Å². The summed E-state index contributed by atoms with van der Waals surface area (Å²) >= 11 is 0. The van der Waals surface area contributed by atoms with Crippen LogP contribution in [0.15, 0.2) is 11.8 Å². The first-order valence-electron chi connectivity index (χ1n) is 2.34. The molecule has 1 N–H and O–H groups in total. The van der Waals surface area contributed by atoms with Crippen molar-refractivity contribution in [1.82, 2.24) is 0 Å². The van der Waals surface area contributed by atoms with Gasteiger partial charge in [0.15, 0.2) is 0 Å². The minimum atomic E-state index is -1.67. The molecule has 0 aromatic carbocycles. The van der Waals surface area contributed by atoms with E-state index in [-0.39, 0.29) is 0 Å². The molecule has 5 nitrogen and oxygen atoms in total. The van der Waals surface area contributed by atoms with Gasteiger partial charge in [0.25, 0.3) is 0 Å². The fourth-order valence-corrected chi connectivity index (χ4v) is 0.263.